The van der Waals surface area contributed by atoms with E-state index in [-0.39, 0.29) is 5.60 Å². The zero-order valence-electron chi connectivity index (χ0n) is 11.2. The minimum Gasteiger partial charge on any atom is -0.486 e. The van der Waals surface area contributed by atoms with Crippen LogP contribution in [0.15, 0.2) is 12.1 Å². The Labute approximate surface area is 134 Å². The third kappa shape index (κ3) is 3.36. The first-order valence-electron chi connectivity index (χ1n) is 7.15. The average molecular weight is 335 g/mol. The first-order valence-corrected chi connectivity index (χ1v) is 8.28. The van der Waals surface area contributed by atoms with Gasteiger partial charge in [0.05, 0.1) is 15.1 Å². The molecule has 0 spiro atoms. The van der Waals surface area contributed by atoms with E-state index in [1.807, 2.05) is 0 Å². The lowest BCUT2D eigenvalue weighted by atomic mass is 9.77. The highest BCUT2D eigenvalue weighted by Gasteiger charge is 2.39. The van der Waals surface area contributed by atoms with Crippen LogP contribution in [0.2, 0.25) is 15.1 Å². The monoisotopic (exact) mass is 333 g/mol. The highest BCUT2D eigenvalue weighted by molar-refractivity contribution is 6.43. The summed E-state index contributed by atoms with van der Waals surface area (Å²) >= 11 is 18.2. The lowest BCUT2D eigenvalue weighted by molar-refractivity contribution is -0.0142. The molecule has 2 fully saturated rings. The minimum absolute atomic E-state index is 0.0807. The Kier molecular flexibility index (Phi) is 4.37. The van der Waals surface area contributed by atoms with Gasteiger partial charge >= 0.3 is 0 Å². The molecule has 0 unspecified atom stereocenters. The van der Waals surface area contributed by atoms with Crippen molar-refractivity contribution in [3.8, 4) is 5.75 Å². The summed E-state index contributed by atoms with van der Waals surface area (Å²) < 4.78 is 6.19. The molecule has 0 amide bonds. The first kappa shape index (κ1) is 14.8. The Morgan fingerprint density at radius 2 is 1.80 bits per heavy atom. The van der Waals surface area contributed by atoms with Crippen molar-refractivity contribution in [2.75, 3.05) is 6.54 Å². The summed E-state index contributed by atoms with van der Waals surface area (Å²) in [4.78, 5) is 0. The molecule has 1 aromatic rings. The van der Waals surface area contributed by atoms with E-state index in [1.165, 1.54) is 19.3 Å². The van der Waals surface area contributed by atoms with E-state index in [4.69, 9.17) is 39.5 Å². The largest absolute Gasteiger partial charge is 0.486 e. The van der Waals surface area contributed by atoms with Gasteiger partial charge in [0.15, 0.2) is 0 Å². The number of hydrogen-bond acceptors (Lipinski definition) is 2. The molecule has 0 atom stereocenters. The van der Waals surface area contributed by atoms with Crippen molar-refractivity contribution in [3.05, 3.63) is 27.2 Å². The average Bonchev–Trinajstić information content (AvgIpc) is 3.16. The number of hydrogen-bond donors (Lipinski definition) is 1. The number of ether oxygens (including phenoxy) is 1. The van der Waals surface area contributed by atoms with Crippen LogP contribution in [0.25, 0.3) is 0 Å². The van der Waals surface area contributed by atoms with Crippen molar-refractivity contribution in [2.24, 2.45) is 0 Å². The molecule has 0 aliphatic heterocycles. The molecule has 0 heterocycles. The van der Waals surface area contributed by atoms with Crippen molar-refractivity contribution in [1.82, 2.24) is 5.32 Å². The third-order valence-electron chi connectivity index (χ3n) is 4.16. The summed E-state index contributed by atoms with van der Waals surface area (Å²) in [6, 6.07) is 4.11. The van der Waals surface area contributed by atoms with Crippen molar-refractivity contribution >= 4 is 34.8 Å². The van der Waals surface area contributed by atoms with Crippen LogP contribution in [-0.4, -0.2) is 18.2 Å². The van der Waals surface area contributed by atoms with Gasteiger partial charge in [-0.25, -0.2) is 0 Å². The maximum atomic E-state index is 6.20. The Balaban J connectivity index is 1.65. The molecule has 1 N–H and O–H groups in total. The highest BCUT2D eigenvalue weighted by Crippen LogP contribution is 2.43. The van der Waals surface area contributed by atoms with Crippen LogP contribution in [0.5, 0.6) is 5.75 Å². The molecular formula is C15H18Cl3NO. The molecule has 5 heteroatoms. The molecule has 0 saturated heterocycles. The molecule has 1 aromatic carbocycles. The first-order chi connectivity index (χ1) is 9.58. The fourth-order valence-electron chi connectivity index (χ4n) is 2.58. The van der Waals surface area contributed by atoms with Gasteiger partial charge < -0.3 is 10.1 Å². The van der Waals surface area contributed by atoms with Crippen molar-refractivity contribution < 1.29 is 4.74 Å². The molecule has 0 radical (unpaired) electrons. The van der Waals surface area contributed by atoms with Crippen LogP contribution in [0.3, 0.4) is 0 Å². The van der Waals surface area contributed by atoms with Gasteiger partial charge in [-0.15, -0.1) is 0 Å². The van der Waals surface area contributed by atoms with Gasteiger partial charge in [0, 0.05) is 12.1 Å². The van der Waals surface area contributed by atoms with Crippen LogP contribution >= 0.6 is 34.8 Å². The minimum atomic E-state index is -0.0807. The van der Waals surface area contributed by atoms with E-state index < -0.39 is 0 Å². The van der Waals surface area contributed by atoms with Crippen LogP contribution in [-0.2, 0) is 0 Å². The van der Waals surface area contributed by atoms with Gasteiger partial charge in [-0.2, -0.15) is 0 Å². The van der Waals surface area contributed by atoms with Gasteiger partial charge in [0.1, 0.15) is 11.4 Å². The van der Waals surface area contributed by atoms with Gasteiger partial charge in [-0.3, -0.25) is 0 Å². The van der Waals surface area contributed by atoms with Crippen LogP contribution in [0, 0.1) is 0 Å². The quantitative estimate of drug-likeness (QED) is 0.732. The van der Waals surface area contributed by atoms with Crippen molar-refractivity contribution in [2.45, 2.75) is 50.2 Å². The standard InChI is InChI=1S/C15H18Cl3NO/c16-11-8-13(18)14(9-12(11)17)20-15(4-1-5-15)6-7-19-10-2-3-10/h8-10,19H,1-7H2. The molecule has 2 aliphatic rings. The van der Waals surface area contributed by atoms with E-state index in [1.54, 1.807) is 12.1 Å². The summed E-state index contributed by atoms with van der Waals surface area (Å²) in [6.45, 7) is 1.00. The lowest BCUT2D eigenvalue weighted by Gasteiger charge is -2.42. The van der Waals surface area contributed by atoms with E-state index in [0.29, 0.717) is 20.8 Å². The second kappa shape index (κ2) is 5.92. The molecule has 20 heavy (non-hydrogen) atoms. The molecule has 3 rings (SSSR count). The molecule has 2 nitrogen and oxygen atoms in total. The van der Waals surface area contributed by atoms with Crippen LogP contribution in [0.4, 0.5) is 0 Å². The summed E-state index contributed by atoms with van der Waals surface area (Å²) in [5, 5.41) is 5.01. The number of nitrogens with one attached hydrogen (secondary N) is 1. The Morgan fingerprint density at radius 3 is 2.40 bits per heavy atom. The van der Waals surface area contributed by atoms with Crippen LogP contribution in [0.1, 0.15) is 38.5 Å². The fourth-order valence-corrected chi connectivity index (χ4v) is 3.16. The summed E-state index contributed by atoms with van der Waals surface area (Å²) in [6.07, 6.45) is 7.01. The zero-order valence-corrected chi connectivity index (χ0v) is 13.5. The smallest absolute Gasteiger partial charge is 0.140 e. The highest BCUT2D eigenvalue weighted by atomic mass is 35.5. The van der Waals surface area contributed by atoms with Crippen molar-refractivity contribution in [1.29, 1.82) is 0 Å². The number of rotatable bonds is 6. The maximum Gasteiger partial charge on any atom is 0.140 e. The number of benzene rings is 1. The predicted octanol–water partition coefficient (Wildman–Crippen LogP) is 5.09. The molecular weight excluding hydrogens is 317 g/mol. The Morgan fingerprint density at radius 1 is 1.10 bits per heavy atom. The Hall–Kier alpha value is -0.150. The fraction of sp³-hybridized carbons (Fsp3) is 0.600. The van der Waals surface area contributed by atoms with Gasteiger partial charge in [-0.05, 0) is 51.1 Å². The molecule has 0 bridgehead atoms. The van der Waals surface area contributed by atoms with Gasteiger partial charge in [0.25, 0.3) is 0 Å². The number of halogens is 3. The van der Waals surface area contributed by atoms with Crippen molar-refractivity contribution in [3.63, 3.8) is 0 Å². The summed E-state index contributed by atoms with van der Waals surface area (Å²) in [5.74, 6) is 0.646. The summed E-state index contributed by atoms with van der Waals surface area (Å²) in [5.41, 5.74) is -0.0807. The maximum absolute atomic E-state index is 6.20. The second-order valence-corrected chi connectivity index (χ2v) is 7.04. The second-order valence-electron chi connectivity index (χ2n) is 5.81. The zero-order chi connectivity index (χ0) is 14.2. The lowest BCUT2D eigenvalue weighted by Crippen LogP contribution is -2.45. The van der Waals surface area contributed by atoms with E-state index in [2.05, 4.69) is 5.32 Å². The van der Waals surface area contributed by atoms with Gasteiger partial charge in [-0.1, -0.05) is 34.8 Å². The molecule has 110 valence electrons. The molecule has 2 aliphatic carbocycles. The molecule has 0 aromatic heterocycles. The van der Waals surface area contributed by atoms with E-state index in [0.717, 1.165) is 31.8 Å². The summed E-state index contributed by atoms with van der Waals surface area (Å²) in [7, 11) is 0. The topological polar surface area (TPSA) is 21.3 Å². The van der Waals surface area contributed by atoms with Crippen LogP contribution < -0.4 is 10.1 Å². The van der Waals surface area contributed by atoms with Gasteiger partial charge in [0.2, 0.25) is 0 Å². The Bertz CT molecular complexity index is 498. The SMILES string of the molecule is Clc1cc(Cl)c(OC2(CCNC3CC3)CCC2)cc1Cl. The normalized spacial score (nSPS) is 20.6. The predicted molar refractivity (Wildman–Crippen MR) is 84.3 cm³/mol. The third-order valence-corrected chi connectivity index (χ3v) is 5.17. The molecule has 2 saturated carbocycles. The van der Waals surface area contributed by atoms with E-state index in [9.17, 15) is 0 Å². The van der Waals surface area contributed by atoms with E-state index >= 15 is 0 Å².